The minimum Gasteiger partial charge on any atom is -0.353 e. The summed E-state index contributed by atoms with van der Waals surface area (Å²) in [5, 5.41) is 5.33. The van der Waals surface area contributed by atoms with Gasteiger partial charge in [-0.3, -0.25) is 4.79 Å². The standard InChI is InChI=1S/C10H10F2N2O/c11-6-2-1-3-7(12)8(6)9-10(15)14-5-4-13-9/h1-3,9,13H,4-5H2,(H,14,15)/t9-/m1/s1. The number of piperazine rings is 1. The molecule has 1 aliphatic rings. The fourth-order valence-corrected chi connectivity index (χ4v) is 1.62. The highest BCUT2D eigenvalue weighted by atomic mass is 19.1. The van der Waals surface area contributed by atoms with E-state index in [2.05, 4.69) is 10.6 Å². The third-order valence-electron chi connectivity index (χ3n) is 2.32. The maximum atomic E-state index is 13.3. The lowest BCUT2D eigenvalue weighted by atomic mass is 10.0. The van der Waals surface area contributed by atoms with Crippen molar-refractivity contribution in [1.82, 2.24) is 10.6 Å². The smallest absolute Gasteiger partial charge is 0.242 e. The first kappa shape index (κ1) is 10.0. The molecule has 1 aliphatic heterocycles. The molecule has 0 aromatic heterocycles. The van der Waals surface area contributed by atoms with Crippen LogP contribution in [0.25, 0.3) is 0 Å². The Bertz CT molecular complexity index is 375. The van der Waals surface area contributed by atoms with Crippen molar-refractivity contribution in [2.24, 2.45) is 0 Å². The van der Waals surface area contributed by atoms with Crippen LogP contribution in [0.15, 0.2) is 18.2 Å². The number of hydrogen-bond acceptors (Lipinski definition) is 2. The van der Waals surface area contributed by atoms with Gasteiger partial charge in [-0.1, -0.05) is 6.07 Å². The zero-order valence-corrected chi connectivity index (χ0v) is 7.89. The molecule has 15 heavy (non-hydrogen) atoms. The number of rotatable bonds is 1. The van der Waals surface area contributed by atoms with Crippen LogP contribution >= 0.6 is 0 Å². The van der Waals surface area contributed by atoms with Gasteiger partial charge in [0.1, 0.15) is 17.7 Å². The number of nitrogens with one attached hydrogen (secondary N) is 2. The van der Waals surface area contributed by atoms with Crippen molar-refractivity contribution in [3.63, 3.8) is 0 Å². The molecular formula is C10H10F2N2O. The highest BCUT2D eigenvalue weighted by Gasteiger charge is 2.28. The Labute approximate surface area is 85.5 Å². The molecule has 2 N–H and O–H groups in total. The summed E-state index contributed by atoms with van der Waals surface area (Å²) in [4.78, 5) is 11.4. The molecule has 1 saturated heterocycles. The summed E-state index contributed by atoms with van der Waals surface area (Å²) < 4.78 is 26.7. The topological polar surface area (TPSA) is 41.1 Å². The Morgan fingerprint density at radius 3 is 2.47 bits per heavy atom. The monoisotopic (exact) mass is 212 g/mol. The Hall–Kier alpha value is -1.49. The van der Waals surface area contributed by atoms with Gasteiger partial charge in [-0.15, -0.1) is 0 Å². The van der Waals surface area contributed by atoms with Crippen molar-refractivity contribution in [1.29, 1.82) is 0 Å². The van der Waals surface area contributed by atoms with Crippen molar-refractivity contribution < 1.29 is 13.6 Å². The van der Waals surface area contributed by atoms with Gasteiger partial charge >= 0.3 is 0 Å². The summed E-state index contributed by atoms with van der Waals surface area (Å²) in [6.07, 6.45) is 0. The van der Waals surface area contributed by atoms with Crippen LogP contribution in [-0.4, -0.2) is 19.0 Å². The molecular weight excluding hydrogens is 202 g/mol. The molecule has 0 spiro atoms. The average molecular weight is 212 g/mol. The molecule has 0 radical (unpaired) electrons. The molecule has 0 unspecified atom stereocenters. The Morgan fingerprint density at radius 1 is 1.20 bits per heavy atom. The van der Waals surface area contributed by atoms with Crippen molar-refractivity contribution >= 4 is 5.91 Å². The normalized spacial score (nSPS) is 21.2. The third-order valence-corrected chi connectivity index (χ3v) is 2.32. The van der Waals surface area contributed by atoms with E-state index >= 15 is 0 Å². The number of hydrogen-bond donors (Lipinski definition) is 2. The summed E-state index contributed by atoms with van der Waals surface area (Å²) in [6, 6.07) is 2.62. The highest BCUT2D eigenvalue weighted by Crippen LogP contribution is 2.21. The number of carbonyl (C=O) groups is 1. The lowest BCUT2D eigenvalue weighted by Gasteiger charge is -2.24. The van der Waals surface area contributed by atoms with E-state index in [9.17, 15) is 13.6 Å². The van der Waals surface area contributed by atoms with Gasteiger partial charge in [0, 0.05) is 18.7 Å². The van der Waals surface area contributed by atoms with Crippen LogP contribution in [0.3, 0.4) is 0 Å². The van der Waals surface area contributed by atoms with Crippen LogP contribution in [0.5, 0.6) is 0 Å². The molecule has 5 heteroatoms. The van der Waals surface area contributed by atoms with Gasteiger partial charge in [0.15, 0.2) is 0 Å². The van der Waals surface area contributed by atoms with E-state index < -0.39 is 23.6 Å². The van der Waals surface area contributed by atoms with Gasteiger partial charge in [0.25, 0.3) is 0 Å². The number of carbonyl (C=O) groups excluding carboxylic acids is 1. The molecule has 1 fully saturated rings. The molecule has 1 heterocycles. The zero-order valence-electron chi connectivity index (χ0n) is 7.89. The number of benzene rings is 1. The number of halogens is 2. The van der Waals surface area contributed by atoms with E-state index in [0.29, 0.717) is 13.1 Å². The molecule has 1 amide bonds. The Morgan fingerprint density at radius 2 is 1.87 bits per heavy atom. The number of amides is 1. The lowest BCUT2D eigenvalue weighted by Crippen LogP contribution is -2.47. The fraction of sp³-hybridized carbons (Fsp3) is 0.300. The molecule has 1 atom stereocenters. The molecule has 0 bridgehead atoms. The van der Waals surface area contributed by atoms with Crippen molar-refractivity contribution in [3.8, 4) is 0 Å². The van der Waals surface area contributed by atoms with Gasteiger partial charge in [0.05, 0.1) is 0 Å². The summed E-state index contributed by atoms with van der Waals surface area (Å²) in [7, 11) is 0. The summed E-state index contributed by atoms with van der Waals surface area (Å²) in [5.74, 6) is -1.81. The third kappa shape index (κ3) is 1.83. The molecule has 1 aromatic carbocycles. The second kappa shape index (κ2) is 3.94. The van der Waals surface area contributed by atoms with Crippen LogP contribution in [0, 0.1) is 11.6 Å². The molecule has 0 saturated carbocycles. The zero-order chi connectivity index (χ0) is 10.8. The predicted octanol–water partition coefficient (Wildman–Crippen LogP) is 0.725. The first-order valence-corrected chi connectivity index (χ1v) is 4.65. The minimum atomic E-state index is -0.931. The second-order valence-corrected chi connectivity index (χ2v) is 3.31. The van der Waals surface area contributed by atoms with E-state index in [4.69, 9.17) is 0 Å². The van der Waals surface area contributed by atoms with E-state index in [1.54, 1.807) is 0 Å². The van der Waals surface area contributed by atoms with E-state index in [1.807, 2.05) is 0 Å². The molecule has 3 nitrogen and oxygen atoms in total. The Kier molecular flexibility index (Phi) is 2.64. The second-order valence-electron chi connectivity index (χ2n) is 3.31. The van der Waals surface area contributed by atoms with Crippen LogP contribution in [0.4, 0.5) is 8.78 Å². The summed E-state index contributed by atoms with van der Waals surface area (Å²) in [6.45, 7) is 0.982. The van der Waals surface area contributed by atoms with Gasteiger partial charge in [-0.25, -0.2) is 8.78 Å². The minimum absolute atomic E-state index is 0.213. The van der Waals surface area contributed by atoms with E-state index in [0.717, 1.165) is 12.1 Å². The van der Waals surface area contributed by atoms with Crippen LogP contribution < -0.4 is 10.6 Å². The molecule has 2 rings (SSSR count). The maximum Gasteiger partial charge on any atom is 0.242 e. The lowest BCUT2D eigenvalue weighted by molar-refractivity contribution is -0.124. The highest BCUT2D eigenvalue weighted by molar-refractivity contribution is 5.84. The van der Waals surface area contributed by atoms with Crippen molar-refractivity contribution in [3.05, 3.63) is 35.4 Å². The van der Waals surface area contributed by atoms with Crippen molar-refractivity contribution in [2.75, 3.05) is 13.1 Å². The first-order valence-electron chi connectivity index (χ1n) is 4.65. The van der Waals surface area contributed by atoms with Crippen LogP contribution in [-0.2, 0) is 4.79 Å². The largest absolute Gasteiger partial charge is 0.353 e. The first-order chi connectivity index (χ1) is 7.20. The van der Waals surface area contributed by atoms with Crippen LogP contribution in [0.2, 0.25) is 0 Å². The van der Waals surface area contributed by atoms with Gasteiger partial charge in [0.2, 0.25) is 5.91 Å². The summed E-state index contributed by atoms with van der Waals surface area (Å²) in [5.41, 5.74) is -0.213. The Balaban J connectivity index is 2.39. The average Bonchev–Trinajstić information content (AvgIpc) is 2.20. The van der Waals surface area contributed by atoms with Crippen LogP contribution in [0.1, 0.15) is 11.6 Å². The van der Waals surface area contributed by atoms with E-state index in [1.165, 1.54) is 6.07 Å². The molecule has 1 aromatic rings. The quantitative estimate of drug-likeness (QED) is 0.720. The maximum absolute atomic E-state index is 13.3. The fourth-order valence-electron chi connectivity index (χ4n) is 1.62. The molecule has 0 aliphatic carbocycles. The SMILES string of the molecule is O=C1NCCN[C@@H]1c1c(F)cccc1F. The molecule has 80 valence electrons. The van der Waals surface area contributed by atoms with Crippen molar-refractivity contribution in [2.45, 2.75) is 6.04 Å². The van der Waals surface area contributed by atoms with Gasteiger partial charge in [-0.2, -0.15) is 0 Å². The predicted molar refractivity (Wildman–Crippen MR) is 50.1 cm³/mol. The van der Waals surface area contributed by atoms with E-state index in [-0.39, 0.29) is 5.56 Å². The summed E-state index contributed by atoms with van der Waals surface area (Å²) >= 11 is 0. The van der Waals surface area contributed by atoms with Gasteiger partial charge in [-0.05, 0) is 12.1 Å². The van der Waals surface area contributed by atoms with Gasteiger partial charge < -0.3 is 10.6 Å².